The lowest BCUT2D eigenvalue weighted by Crippen LogP contribution is -2.39. The zero-order valence-electron chi connectivity index (χ0n) is 15.4. The first-order valence-corrected chi connectivity index (χ1v) is 9.66. The Kier molecular flexibility index (Phi) is 13.7. The van der Waals surface area contributed by atoms with Crippen molar-refractivity contribution in [1.29, 1.82) is 0 Å². The quantitative estimate of drug-likeness (QED) is 0.276. The Morgan fingerprint density at radius 3 is 2.58 bits per heavy atom. The van der Waals surface area contributed by atoms with Crippen molar-refractivity contribution in [3.8, 4) is 0 Å². The maximum atomic E-state index is 9.22. The third-order valence-corrected chi connectivity index (χ3v) is 4.58. The number of hydrogen-bond acceptors (Lipinski definition) is 3. The Hall–Kier alpha value is -0.340. The molecule has 0 radical (unpaired) electrons. The van der Waals surface area contributed by atoms with Crippen LogP contribution >= 0.6 is 35.3 Å². The van der Waals surface area contributed by atoms with E-state index in [0.717, 1.165) is 38.4 Å². The van der Waals surface area contributed by atoms with Gasteiger partial charge in [0.15, 0.2) is 5.96 Å². The summed E-state index contributed by atoms with van der Waals surface area (Å²) in [6.45, 7) is 11.5. The highest BCUT2D eigenvalue weighted by Crippen LogP contribution is 2.17. The zero-order valence-corrected chi connectivity index (χ0v) is 18.6. The molecule has 3 N–H and O–H groups in total. The number of hydrogen-bond donors (Lipinski definition) is 3. The number of guanidine groups is 1. The standard InChI is InChI=1S/C18H33N3OS.HI/c1-5-19-18(20-11-15(4)17-7-9-23-13-17)21-12-16(6-8-22)10-14(2)3;/h7,9,13-16,22H,5-6,8,10-12H2,1-4H3,(H2,19,20,21);1H. The van der Waals surface area contributed by atoms with Crippen molar-refractivity contribution >= 4 is 41.3 Å². The molecule has 6 heteroatoms. The molecule has 24 heavy (non-hydrogen) atoms. The van der Waals surface area contributed by atoms with E-state index in [1.807, 2.05) is 0 Å². The van der Waals surface area contributed by atoms with Gasteiger partial charge in [-0.15, -0.1) is 24.0 Å². The summed E-state index contributed by atoms with van der Waals surface area (Å²) in [6.07, 6.45) is 1.93. The van der Waals surface area contributed by atoms with Gasteiger partial charge in [-0.25, -0.2) is 0 Å². The highest BCUT2D eigenvalue weighted by molar-refractivity contribution is 14.0. The van der Waals surface area contributed by atoms with E-state index in [1.54, 1.807) is 11.3 Å². The Morgan fingerprint density at radius 2 is 2.04 bits per heavy atom. The molecule has 1 aromatic heterocycles. The normalized spacial score (nSPS) is 14.2. The Bertz CT molecular complexity index is 437. The predicted molar refractivity (Wildman–Crippen MR) is 117 cm³/mol. The second-order valence-electron chi connectivity index (χ2n) is 6.57. The molecule has 0 amide bonds. The third-order valence-electron chi connectivity index (χ3n) is 3.88. The monoisotopic (exact) mass is 467 g/mol. The molecule has 0 aliphatic heterocycles. The van der Waals surface area contributed by atoms with Gasteiger partial charge in [0.25, 0.3) is 0 Å². The van der Waals surface area contributed by atoms with Crippen LogP contribution in [-0.4, -0.2) is 37.3 Å². The van der Waals surface area contributed by atoms with Crippen molar-refractivity contribution in [3.63, 3.8) is 0 Å². The minimum absolute atomic E-state index is 0. The molecule has 0 bridgehead atoms. The molecular formula is C18H34IN3OS. The fourth-order valence-corrected chi connectivity index (χ4v) is 3.40. The molecule has 0 aliphatic rings. The summed E-state index contributed by atoms with van der Waals surface area (Å²) in [6, 6.07) is 2.18. The van der Waals surface area contributed by atoms with Crippen LogP contribution in [0.25, 0.3) is 0 Å². The van der Waals surface area contributed by atoms with Gasteiger partial charge < -0.3 is 15.7 Å². The van der Waals surface area contributed by atoms with Crippen molar-refractivity contribution in [2.75, 3.05) is 26.2 Å². The van der Waals surface area contributed by atoms with E-state index in [2.05, 4.69) is 55.2 Å². The van der Waals surface area contributed by atoms with Crippen LogP contribution < -0.4 is 10.6 Å². The van der Waals surface area contributed by atoms with Gasteiger partial charge in [0.2, 0.25) is 0 Å². The second-order valence-corrected chi connectivity index (χ2v) is 7.35. The summed E-state index contributed by atoms with van der Waals surface area (Å²) < 4.78 is 0. The first-order valence-electron chi connectivity index (χ1n) is 8.71. The number of nitrogens with one attached hydrogen (secondary N) is 2. The number of halogens is 1. The highest BCUT2D eigenvalue weighted by Gasteiger charge is 2.11. The Labute approximate surface area is 168 Å². The van der Waals surface area contributed by atoms with Crippen LogP contribution in [0, 0.1) is 11.8 Å². The van der Waals surface area contributed by atoms with Crippen LogP contribution in [0.3, 0.4) is 0 Å². The maximum Gasteiger partial charge on any atom is 0.191 e. The molecule has 1 aromatic rings. The smallest absolute Gasteiger partial charge is 0.191 e. The largest absolute Gasteiger partial charge is 0.396 e. The molecule has 0 spiro atoms. The van der Waals surface area contributed by atoms with Gasteiger partial charge in [-0.2, -0.15) is 11.3 Å². The lowest BCUT2D eigenvalue weighted by molar-refractivity contribution is 0.245. The maximum absolute atomic E-state index is 9.22. The van der Waals surface area contributed by atoms with E-state index in [1.165, 1.54) is 5.56 Å². The average Bonchev–Trinajstić information content (AvgIpc) is 3.03. The lowest BCUT2D eigenvalue weighted by Gasteiger charge is -2.18. The van der Waals surface area contributed by atoms with Crippen LogP contribution in [0.4, 0.5) is 0 Å². The summed E-state index contributed by atoms with van der Waals surface area (Å²) in [5.41, 5.74) is 1.37. The molecule has 2 atom stereocenters. The fraction of sp³-hybridized carbons (Fsp3) is 0.722. The predicted octanol–water partition coefficient (Wildman–Crippen LogP) is 4.07. The number of aliphatic hydroxyl groups excluding tert-OH is 1. The van der Waals surface area contributed by atoms with Crippen molar-refractivity contribution in [2.45, 2.75) is 46.5 Å². The van der Waals surface area contributed by atoms with Crippen LogP contribution in [0.2, 0.25) is 0 Å². The number of aliphatic hydroxyl groups is 1. The van der Waals surface area contributed by atoms with Crippen LogP contribution in [-0.2, 0) is 0 Å². The molecule has 140 valence electrons. The summed E-state index contributed by atoms with van der Waals surface area (Å²) in [5.74, 6) is 2.43. The van der Waals surface area contributed by atoms with Crippen LogP contribution in [0.15, 0.2) is 21.8 Å². The lowest BCUT2D eigenvalue weighted by atomic mass is 9.94. The minimum atomic E-state index is 0. The summed E-state index contributed by atoms with van der Waals surface area (Å²) in [7, 11) is 0. The fourth-order valence-electron chi connectivity index (χ4n) is 2.62. The molecule has 1 rings (SSSR count). The topological polar surface area (TPSA) is 56.7 Å². The zero-order chi connectivity index (χ0) is 17.1. The first-order chi connectivity index (χ1) is 11.1. The molecule has 0 saturated carbocycles. The first kappa shape index (κ1) is 23.7. The molecule has 4 nitrogen and oxygen atoms in total. The van der Waals surface area contributed by atoms with Crippen LogP contribution in [0.1, 0.15) is 52.0 Å². The molecule has 0 saturated heterocycles. The van der Waals surface area contributed by atoms with Gasteiger partial charge in [0.1, 0.15) is 0 Å². The number of thiophene rings is 1. The van der Waals surface area contributed by atoms with E-state index in [9.17, 15) is 5.11 Å². The van der Waals surface area contributed by atoms with E-state index >= 15 is 0 Å². The number of aliphatic imine (C=N–C) groups is 1. The van der Waals surface area contributed by atoms with Crippen molar-refractivity contribution in [2.24, 2.45) is 16.8 Å². The van der Waals surface area contributed by atoms with Gasteiger partial charge >= 0.3 is 0 Å². The average molecular weight is 467 g/mol. The second kappa shape index (κ2) is 13.9. The molecule has 0 aliphatic carbocycles. The van der Waals surface area contributed by atoms with Crippen molar-refractivity contribution in [1.82, 2.24) is 10.6 Å². The van der Waals surface area contributed by atoms with Gasteiger partial charge in [-0.05, 0) is 59.9 Å². The number of nitrogens with zero attached hydrogens (tertiary/aromatic N) is 1. The molecule has 2 unspecified atom stereocenters. The van der Waals surface area contributed by atoms with E-state index < -0.39 is 0 Å². The van der Waals surface area contributed by atoms with Crippen molar-refractivity contribution in [3.05, 3.63) is 22.4 Å². The third kappa shape index (κ3) is 9.84. The number of rotatable bonds is 10. The van der Waals surface area contributed by atoms with Crippen molar-refractivity contribution < 1.29 is 5.11 Å². The van der Waals surface area contributed by atoms with Gasteiger partial charge in [0.05, 0.1) is 0 Å². The molecule has 0 aromatic carbocycles. The van der Waals surface area contributed by atoms with Crippen LogP contribution in [0.5, 0.6) is 0 Å². The summed E-state index contributed by atoms with van der Waals surface area (Å²) in [4.78, 5) is 4.72. The summed E-state index contributed by atoms with van der Waals surface area (Å²) in [5, 5.41) is 20.3. The summed E-state index contributed by atoms with van der Waals surface area (Å²) >= 11 is 1.74. The molecule has 1 heterocycles. The van der Waals surface area contributed by atoms with E-state index in [0.29, 0.717) is 17.8 Å². The SMILES string of the molecule is CCNC(=NCC(CCO)CC(C)C)NCC(C)c1ccsc1.I. The van der Waals surface area contributed by atoms with E-state index in [-0.39, 0.29) is 30.6 Å². The highest BCUT2D eigenvalue weighted by atomic mass is 127. The molecule has 0 fully saturated rings. The Balaban J connectivity index is 0.00000529. The Morgan fingerprint density at radius 1 is 1.29 bits per heavy atom. The molecular weight excluding hydrogens is 433 g/mol. The van der Waals surface area contributed by atoms with Gasteiger partial charge in [-0.3, -0.25) is 4.99 Å². The minimum Gasteiger partial charge on any atom is -0.396 e. The van der Waals surface area contributed by atoms with Gasteiger partial charge in [-0.1, -0.05) is 20.8 Å². The van der Waals surface area contributed by atoms with Gasteiger partial charge in [0, 0.05) is 26.2 Å². The van der Waals surface area contributed by atoms with E-state index in [4.69, 9.17) is 4.99 Å².